The minimum atomic E-state index is -0.800. The lowest BCUT2D eigenvalue weighted by atomic mass is 10.4. The molecule has 1 aromatic rings. The van der Waals surface area contributed by atoms with E-state index >= 15 is 0 Å². The van der Waals surface area contributed by atoms with Gasteiger partial charge in [0.2, 0.25) is 0 Å². The third-order valence-electron chi connectivity index (χ3n) is 1.75. The van der Waals surface area contributed by atoms with Crippen LogP contribution < -0.4 is 5.32 Å². The summed E-state index contributed by atoms with van der Waals surface area (Å²) in [5.74, 6) is 0.333. The smallest absolute Gasteiger partial charge is 0.304 e. The summed E-state index contributed by atoms with van der Waals surface area (Å²) in [5, 5.41) is 11.3. The number of halogens is 1. The van der Waals surface area contributed by atoms with Crippen molar-refractivity contribution < 1.29 is 19.1 Å². The van der Waals surface area contributed by atoms with E-state index in [4.69, 9.17) is 21.1 Å². The molecule has 1 amide bonds. The second-order valence-corrected chi connectivity index (χ2v) is 6.22. The van der Waals surface area contributed by atoms with Crippen molar-refractivity contribution >= 4 is 45.1 Å². The van der Waals surface area contributed by atoms with Crippen LogP contribution in [0.2, 0.25) is 5.22 Å². The van der Waals surface area contributed by atoms with Gasteiger partial charge in [-0.15, -0.1) is 0 Å². The predicted octanol–water partition coefficient (Wildman–Crippen LogP) is 2.52. The number of carbonyl (C=O) groups excluding carboxylic acids is 1. The highest BCUT2D eigenvalue weighted by Crippen LogP contribution is 2.21. The number of carboxylic acids is 1. The van der Waals surface area contributed by atoms with Crippen molar-refractivity contribution in [2.24, 2.45) is 0 Å². The lowest BCUT2D eigenvalue weighted by molar-refractivity contribution is -0.136. The first-order chi connectivity index (χ1) is 8.59. The summed E-state index contributed by atoms with van der Waals surface area (Å²) in [6.07, 6.45) is 0.148. The summed E-state index contributed by atoms with van der Waals surface area (Å²) >= 11 is 5.55. The van der Waals surface area contributed by atoms with E-state index in [0.717, 1.165) is 0 Å². The number of aliphatic carboxylic acids is 1. The zero-order chi connectivity index (χ0) is 13.4. The quantitative estimate of drug-likeness (QED) is 0.567. The highest BCUT2D eigenvalue weighted by molar-refractivity contribution is 8.76. The van der Waals surface area contributed by atoms with Crippen LogP contribution in [0.1, 0.15) is 17.0 Å². The first-order valence-corrected chi connectivity index (χ1v) is 7.96. The number of furan rings is 1. The van der Waals surface area contributed by atoms with E-state index in [-0.39, 0.29) is 23.3 Å². The molecule has 0 aliphatic rings. The maximum Gasteiger partial charge on any atom is 0.304 e. The number of nitrogens with one attached hydrogen (secondary N) is 1. The van der Waals surface area contributed by atoms with Crippen LogP contribution in [-0.4, -0.2) is 35.0 Å². The molecule has 18 heavy (non-hydrogen) atoms. The van der Waals surface area contributed by atoms with Crippen LogP contribution in [0, 0.1) is 0 Å². The van der Waals surface area contributed by atoms with Gasteiger partial charge in [-0.25, -0.2) is 0 Å². The number of carbonyl (C=O) groups is 2. The molecule has 0 spiro atoms. The molecule has 0 aliphatic carbocycles. The lowest BCUT2D eigenvalue weighted by Crippen LogP contribution is -2.25. The van der Waals surface area contributed by atoms with Gasteiger partial charge in [0.05, 0.1) is 6.42 Å². The number of hydrogen-bond acceptors (Lipinski definition) is 5. The second kappa shape index (κ2) is 8.34. The molecule has 0 fully saturated rings. The number of carboxylic acid groups (broad SMARTS) is 1. The molecule has 0 saturated heterocycles. The van der Waals surface area contributed by atoms with E-state index in [0.29, 0.717) is 18.1 Å². The molecule has 0 bridgehead atoms. The van der Waals surface area contributed by atoms with Gasteiger partial charge in [0, 0.05) is 18.1 Å². The predicted molar refractivity (Wildman–Crippen MR) is 73.2 cm³/mol. The van der Waals surface area contributed by atoms with Gasteiger partial charge in [-0.05, 0) is 23.7 Å². The Labute approximate surface area is 117 Å². The molecule has 2 N–H and O–H groups in total. The normalized spacial score (nSPS) is 10.3. The van der Waals surface area contributed by atoms with Gasteiger partial charge >= 0.3 is 5.97 Å². The average molecular weight is 310 g/mol. The van der Waals surface area contributed by atoms with Crippen LogP contribution >= 0.6 is 33.2 Å². The fraction of sp³-hybridized carbons (Fsp3) is 0.400. The Morgan fingerprint density at radius 1 is 1.33 bits per heavy atom. The first-order valence-electron chi connectivity index (χ1n) is 5.09. The van der Waals surface area contributed by atoms with Gasteiger partial charge < -0.3 is 14.8 Å². The minimum Gasteiger partial charge on any atom is -0.481 e. The van der Waals surface area contributed by atoms with Crippen molar-refractivity contribution in [1.29, 1.82) is 0 Å². The van der Waals surface area contributed by atoms with Gasteiger partial charge in [0.25, 0.3) is 5.91 Å². The van der Waals surface area contributed by atoms with E-state index in [1.54, 1.807) is 0 Å². The minimum absolute atomic E-state index is 0.148. The Kier molecular flexibility index (Phi) is 7.07. The molecule has 100 valence electrons. The summed E-state index contributed by atoms with van der Waals surface area (Å²) in [4.78, 5) is 21.7. The molecular formula is C10H12ClNO4S2. The van der Waals surface area contributed by atoms with Crippen molar-refractivity contribution in [3.05, 3.63) is 23.1 Å². The zero-order valence-electron chi connectivity index (χ0n) is 9.35. The zero-order valence-corrected chi connectivity index (χ0v) is 11.7. The van der Waals surface area contributed by atoms with Crippen molar-refractivity contribution in [1.82, 2.24) is 5.32 Å². The van der Waals surface area contributed by atoms with E-state index in [1.165, 1.54) is 33.7 Å². The molecule has 1 aromatic heterocycles. The number of amides is 1. The molecule has 0 unspecified atom stereocenters. The summed E-state index contributed by atoms with van der Waals surface area (Å²) in [5.41, 5.74) is 0. The fourth-order valence-electron chi connectivity index (χ4n) is 0.976. The summed E-state index contributed by atoms with van der Waals surface area (Å²) in [7, 11) is 2.99. The highest BCUT2D eigenvalue weighted by Gasteiger charge is 2.09. The second-order valence-electron chi connectivity index (χ2n) is 3.15. The highest BCUT2D eigenvalue weighted by atomic mass is 35.5. The Balaban J connectivity index is 2.04. The van der Waals surface area contributed by atoms with Gasteiger partial charge in [0.15, 0.2) is 11.0 Å². The maximum absolute atomic E-state index is 11.5. The number of rotatable bonds is 8. The van der Waals surface area contributed by atoms with E-state index in [1.807, 2.05) is 0 Å². The third-order valence-corrected chi connectivity index (χ3v) is 4.36. The van der Waals surface area contributed by atoms with Crippen LogP contribution in [0.25, 0.3) is 0 Å². The molecule has 1 rings (SSSR count). The molecule has 0 radical (unpaired) electrons. The third kappa shape index (κ3) is 6.23. The van der Waals surface area contributed by atoms with Crippen molar-refractivity contribution in [2.75, 3.05) is 18.1 Å². The molecule has 1 heterocycles. The van der Waals surface area contributed by atoms with Crippen molar-refractivity contribution in [3.63, 3.8) is 0 Å². The lowest BCUT2D eigenvalue weighted by Gasteiger charge is -2.02. The van der Waals surface area contributed by atoms with Crippen LogP contribution in [0.4, 0.5) is 0 Å². The van der Waals surface area contributed by atoms with E-state index in [2.05, 4.69) is 5.32 Å². The van der Waals surface area contributed by atoms with Crippen LogP contribution in [0.3, 0.4) is 0 Å². The van der Waals surface area contributed by atoms with E-state index in [9.17, 15) is 9.59 Å². The largest absolute Gasteiger partial charge is 0.481 e. The topological polar surface area (TPSA) is 79.5 Å². The monoisotopic (exact) mass is 309 g/mol. The maximum atomic E-state index is 11.5. The molecular weight excluding hydrogens is 298 g/mol. The van der Waals surface area contributed by atoms with Crippen molar-refractivity contribution in [3.8, 4) is 0 Å². The molecule has 0 aromatic carbocycles. The molecule has 5 nitrogen and oxygen atoms in total. The fourth-order valence-corrected chi connectivity index (χ4v) is 3.01. The summed E-state index contributed by atoms with van der Waals surface area (Å²) < 4.78 is 4.94. The van der Waals surface area contributed by atoms with Crippen LogP contribution in [0.5, 0.6) is 0 Å². The standard InChI is InChI=1S/C10H12ClNO4S2/c11-8-2-1-7(16-8)10(15)12-4-6-18-17-5-3-9(13)14/h1-2H,3-6H2,(H,12,15)(H,13,14). The Bertz CT molecular complexity index is 410. The average Bonchev–Trinajstić information content (AvgIpc) is 2.74. The Hall–Kier alpha value is -0.790. The van der Waals surface area contributed by atoms with Crippen molar-refractivity contribution in [2.45, 2.75) is 6.42 Å². The molecule has 0 atom stereocenters. The van der Waals surface area contributed by atoms with Crippen LogP contribution in [0.15, 0.2) is 16.5 Å². The van der Waals surface area contributed by atoms with Gasteiger partial charge in [-0.2, -0.15) is 0 Å². The SMILES string of the molecule is O=C(O)CCSSCCNC(=O)c1ccc(Cl)o1. The summed E-state index contributed by atoms with van der Waals surface area (Å²) in [6.45, 7) is 0.488. The summed E-state index contributed by atoms with van der Waals surface area (Å²) in [6, 6.07) is 3.01. The Morgan fingerprint density at radius 3 is 2.67 bits per heavy atom. The number of hydrogen-bond donors (Lipinski definition) is 2. The molecule has 8 heteroatoms. The van der Waals surface area contributed by atoms with Crippen LogP contribution in [-0.2, 0) is 4.79 Å². The first kappa shape index (κ1) is 15.3. The van der Waals surface area contributed by atoms with Gasteiger partial charge in [0.1, 0.15) is 0 Å². The molecule has 0 saturated carbocycles. The van der Waals surface area contributed by atoms with Gasteiger partial charge in [-0.1, -0.05) is 21.6 Å². The Morgan fingerprint density at radius 2 is 2.06 bits per heavy atom. The van der Waals surface area contributed by atoms with Gasteiger partial charge in [-0.3, -0.25) is 9.59 Å². The van der Waals surface area contributed by atoms with E-state index < -0.39 is 5.97 Å². The molecule has 0 aliphatic heterocycles.